The number of hydrogen-bond acceptors (Lipinski definition) is 7. The van der Waals surface area contributed by atoms with E-state index in [1.165, 1.54) is 29.2 Å². The molecule has 0 bridgehead atoms. The smallest absolute Gasteiger partial charge is 0.432 e. The minimum atomic E-state index is -1.07. The van der Waals surface area contributed by atoms with Crippen molar-refractivity contribution in [3.05, 3.63) is 69.8 Å². The van der Waals surface area contributed by atoms with Gasteiger partial charge in [-0.2, -0.15) is 0 Å². The van der Waals surface area contributed by atoms with Crippen molar-refractivity contribution in [1.82, 2.24) is 15.1 Å². The fourth-order valence-corrected chi connectivity index (χ4v) is 4.47. The number of amides is 4. The molecule has 2 aromatic carbocycles. The van der Waals surface area contributed by atoms with Crippen LogP contribution < -0.4 is 5.32 Å². The van der Waals surface area contributed by atoms with E-state index < -0.39 is 60.3 Å². The maximum absolute atomic E-state index is 15.4. The Morgan fingerprint density at radius 2 is 1.87 bits per heavy atom. The average molecular weight is 544 g/mol. The molecule has 206 valence electrons. The zero-order valence-electron chi connectivity index (χ0n) is 21.6. The van der Waals surface area contributed by atoms with Crippen LogP contribution in [0.1, 0.15) is 64.1 Å². The number of fused-ring (bicyclic) bond motifs is 1. The average Bonchev–Trinajstić information content (AvgIpc) is 3.19. The second kappa shape index (κ2) is 11.2. The fourth-order valence-electron chi connectivity index (χ4n) is 4.47. The minimum Gasteiger partial charge on any atom is -0.432 e. The van der Waals surface area contributed by atoms with E-state index in [1.54, 1.807) is 26.8 Å². The van der Waals surface area contributed by atoms with E-state index in [0.717, 1.165) is 4.90 Å². The van der Waals surface area contributed by atoms with Crippen molar-refractivity contribution in [2.75, 3.05) is 6.73 Å². The number of nitrogens with one attached hydrogen (secondary N) is 1. The van der Waals surface area contributed by atoms with E-state index in [1.807, 2.05) is 0 Å². The molecular formula is C27H27F2N3O7. The highest BCUT2D eigenvalue weighted by molar-refractivity contribution is 6.05. The lowest BCUT2D eigenvalue weighted by atomic mass is 10.0. The Morgan fingerprint density at radius 1 is 1.13 bits per heavy atom. The summed E-state index contributed by atoms with van der Waals surface area (Å²) < 4.78 is 39.2. The van der Waals surface area contributed by atoms with Crippen LogP contribution in [-0.2, 0) is 32.2 Å². The number of rotatable bonds is 7. The molecule has 2 aliphatic heterocycles. The van der Waals surface area contributed by atoms with E-state index in [2.05, 4.69) is 5.32 Å². The second-order valence-corrected chi connectivity index (χ2v) is 9.57. The van der Waals surface area contributed by atoms with Gasteiger partial charge in [0.25, 0.3) is 17.7 Å². The van der Waals surface area contributed by atoms with Gasteiger partial charge in [0.05, 0.1) is 18.2 Å². The van der Waals surface area contributed by atoms with Gasteiger partial charge in [-0.1, -0.05) is 12.1 Å². The van der Waals surface area contributed by atoms with Crippen molar-refractivity contribution in [1.29, 1.82) is 0 Å². The van der Waals surface area contributed by atoms with Crippen LogP contribution in [0.4, 0.5) is 13.6 Å². The molecule has 0 saturated carbocycles. The first-order valence-electron chi connectivity index (χ1n) is 12.3. The van der Waals surface area contributed by atoms with Crippen LogP contribution in [0.25, 0.3) is 0 Å². The first-order chi connectivity index (χ1) is 18.5. The number of ether oxygens (including phenoxy) is 2. The molecule has 0 radical (unpaired) electrons. The Labute approximate surface area is 222 Å². The number of piperidine rings is 1. The van der Waals surface area contributed by atoms with Gasteiger partial charge in [0.2, 0.25) is 5.91 Å². The summed E-state index contributed by atoms with van der Waals surface area (Å²) in [5.41, 5.74) is 0.641. The summed E-state index contributed by atoms with van der Waals surface area (Å²) in [7, 11) is 0. The van der Waals surface area contributed by atoms with Gasteiger partial charge in [-0.05, 0) is 51.0 Å². The summed E-state index contributed by atoms with van der Waals surface area (Å²) in [4.78, 5) is 64.5. The third-order valence-corrected chi connectivity index (χ3v) is 6.45. The Bertz CT molecular complexity index is 1360. The highest BCUT2D eigenvalue weighted by Gasteiger charge is 2.44. The van der Waals surface area contributed by atoms with Gasteiger partial charge in [-0.25, -0.2) is 18.5 Å². The van der Waals surface area contributed by atoms with Crippen molar-refractivity contribution in [3.63, 3.8) is 0 Å². The van der Waals surface area contributed by atoms with E-state index >= 15 is 4.39 Å². The first-order valence-corrected chi connectivity index (χ1v) is 12.3. The molecule has 2 heterocycles. The maximum Gasteiger partial charge on any atom is 0.510 e. The van der Waals surface area contributed by atoms with Gasteiger partial charge in [0, 0.05) is 29.7 Å². The maximum atomic E-state index is 15.4. The molecular weight excluding hydrogens is 516 g/mol. The summed E-state index contributed by atoms with van der Waals surface area (Å²) in [5, 5.41) is 2.48. The van der Waals surface area contributed by atoms with E-state index in [9.17, 15) is 28.4 Å². The zero-order chi connectivity index (χ0) is 28.4. The number of aryl methyl sites for hydroxylation is 1. The van der Waals surface area contributed by atoms with Gasteiger partial charge in [0.1, 0.15) is 17.7 Å². The van der Waals surface area contributed by atoms with Crippen molar-refractivity contribution in [2.45, 2.75) is 58.8 Å². The SMILES string of the molecule is Cc1ccc(C(=O)NCc2ccc3c(c2F)CN(C2CCC(=O)N(COC(=O)OC(C)C)C2=O)C3=O)c(F)c1. The predicted molar refractivity (Wildman–Crippen MR) is 131 cm³/mol. The molecule has 2 aromatic rings. The molecule has 1 unspecified atom stereocenters. The lowest BCUT2D eigenvalue weighted by Crippen LogP contribution is -2.55. The summed E-state index contributed by atoms with van der Waals surface area (Å²) in [6.45, 7) is 3.73. The van der Waals surface area contributed by atoms with Gasteiger partial charge in [-0.3, -0.25) is 19.2 Å². The molecule has 1 fully saturated rings. The van der Waals surface area contributed by atoms with Gasteiger partial charge in [-0.15, -0.1) is 0 Å². The number of halogens is 2. The molecule has 1 atom stereocenters. The Hall–Kier alpha value is -4.35. The summed E-state index contributed by atoms with van der Waals surface area (Å²) in [6, 6.07) is 5.81. The first kappa shape index (κ1) is 27.7. The molecule has 1 saturated heterocycles. The van der Waals surface area contributed by atoms with Crippen molar-refractivity contribution >= 4 is 29.8 Å². The van der Waals surface area contributed by atoms with Crippen molar-refractivity contribution < 1.29 is 42.2 Å². The monoisotopic (exact) mass is 543 g/mol. The van der Waals surface area contributed by atoms with E-state index in [0.29, 0.717) is 5.56 Å². The number of imide groups is 1. The van der Waals surface area contributed by atoms with Crippen LogP contribution in [0.5, 0.6) is 0 Å². The zero-order valence-corrected chi connectivity index (χ0v) is 21.6. The molecule has 4 amide bonds. The minimum absolute atomic E-state index is 0.0248. The molecule has 0 aromatic heterocycles. The third-order valence-electron chi connectivity index (χ3n) is 6.45. The normalized spacial score (nSPS) is 17.0. The lowest BCUT2D eigenvalue weighted by Gasteiger charge is -2.34. The summed E-state index contributed by atoms with van der Waals surface area (Å²) in [5.74, 6) is -4.07. The molecule has 12 heteroatoms. The Kier molecular flexibility index (Phi) is 7.93. The fraction of sp³-hybridized carbons (Fsp3) is 0.370. The number of carbonyl (C=O) groups is 5. The number of likely N-dealkylation sites (tertiary alicyclic amines) is 1. The second-order valence-electron chi connectivity index (χ2n) is 9.57. The quantitative estimate of drug-likeness (QED) is 0.420. The molecule has 4 rings (SSSR count). The summed E-state index contributed by atoms with van der Waals surface area (Å²) in [6.07, 6.45) is -1.58. The van der Waals surface area contributed by atoms with Gasteiger partial charge >= 0.3 is 6.16 Å². The van der Waals surface area contributed by atoms with E-state index in [4.69, 9.17) is 9.47 Å². The molecule has 39 heavy (non-hydrogen) atoms. The molecule has 1 N–H and O–H groups in total. The molecule has 2 aliphatic rings. The van der Waals surface area contributed by atoms with Crippen LogP contribution in [-0.4, -0.2) is 58.5 Å². The molecule has 0 spiro atoms. The van der Waals surface area contributed by atoms with Crippen LogP contribution in [0, 0.1) is 18.6 Å². The van der Waals surface area contributed by atoms with Crippen molar-refractivity contribution in [3.8, 4) is 0 Å². The lowest BCUT2D eigenvalue weighted by molar-refractivity contribution is -0.157. The predicted octanol–water partition coefficient (Wildman–Crippen LogP) is 3.20. The third kappa shape index (κ3) is 5.74. The van der Waals surface area contributed by atoms with Crippen LogP contribution in [0.2, 0.25) is 0 Å². The molecule has 0 aliphatic carbocycles. The van der Waals surface area contributed by atoms with E-state index in [-0.39, 0.29) is 48.2 Å². The topological polar surface area (TPSA) is 122 Å². The Morgan fingerprint density at radius 3 is 2.56 bits per heavy atom. The highest BCUT2D eigenvalue weighted by Crippen LogP contribution is 2.32. The Balaban J connectivity index is 1.45. The number of hydrogen-bond donors (Lipinski definition) is 1. The van der Waals surface area contributed by atoms with Crippen molar-refractivity contribution in [2.24, 2.45) is 0 Å². The van der Waals surface area contributed by atoms with Gasteiger partial charge in [0.15, 0.2) is 6.73 Å². The summed E-state index contributed by atoms with van der Waals surface area (Å²) >= 11 is 0. The largest absolute Gasteiger partial charge is 0.510 e. The van der Waals surface area contributed by atoms with Crippen LogP contribution >= 0.6 is 0 Å². The number of nitrogens with zero attached hydrogens (tertiary/aromatic N) is 2. The number of benzene rings is 2. The van der Waals surface area contributed by atoms with Crippen LogP contribution in [0.15, 0.2) is 30.3 Å². The molecule has 10 nitrogen and oxygen atoms in total. The number of carbonyl (C=O) groups excluding carboxylic acids is 5. The standard InChI is InChI=1S/C27H27F2N3O7/c1-14(2)39-27(37)38-13-32-22(33)9-8-21(26(32)36)31-12-19-17(25(31)35)7-5-16(23(19)29)11-30-24(34)18-6-4-15(3)10-20(18)28/h4-7,10,14,21H,8-9,11-13H2,1-3H3,(H,30,34). The highest BCUT2D eigenvalue weighted by atomic mass is 19.1. The van der Waals surface area contributed by atoms with Crippen LogP contribution in [0.3, 0.4) is 0 Å². The van der Waals surface area contributed by atoms with Gasteiger partial charge < -0.3 is 19.7 Å².